The Morgan fingerprint density at radius 2 is 2.00 bits per heavy atom. The predicted molar refractivity (Wildman–Crippen MR) is 55.4 cm³/mol. The molecule has 2 rings (SSSR count). The van der Waals surface area contributed by atoms with Gasteiger partial charge in [-0.1, -0.05) is 0 Å². The van der Waals surface area contributed by atoms with Crippen LogP contribution in [-0.4, -0.2) is 23.8 Å². The van der Waals surface area contributed by atoms with E-state index in [0.29, 0.717) is 0 Å². The van der Waals surface area contributed by atoms with Crippen LogP contribution < -0.4 is 10.6 Å². The fraction of sp³-hybridized carbons (Fsp3) is 0.182. The van der Waals surface area contributed by atoms with Crippen LogP contribution in [0.4, 0.5) is 8.78 Å². The lowest BCUT2D eigenvalue weighted by molar-refractivity contribution is -0.125. The van der Waals surface area contributed by atoms with Gasteiger partial charge in [-0.3, -0.25) is 19.7 Å². The highest BCUT2D eigenvalue weighted by Crippen LogP contribution is 2.10. The maximum atomic E-state index is 12.9. The smallest absolute Gasteiger partial charge is 0.252 e. The van der Waals surface area contributed by atoms with E-state index in [1.165, 1.54) is 0 Å². The predicted octanol–water partition coefficient (Wildman–Crippen LogP) is 0.110. The number of nitrogens with one attached hydrogen (secondary N) is 2. The first-order valence-corrected chi connectivity index (χ1v) is 5.07. The minimum atomic E-state index is -1.16. The van der Waals surface area contributed by atoms with Gasteiger partial charge in [0.05, 0.1) is 6.42 Å². The number of hydrogen-bond donors (Lipinski definition) is 2. The molecule has 1 heterocycles. The molecule has 18 heavy (non-hydrogen) atoms. The van der Waals surface area contributed by atoms with E-state index in [-0.39, 0.29) is 12.0 Å². The highest BCUT2D eigenvalue weighted by atomic mass is 19.2. The molecule has 1 aliphatic heterocycles. The third-order valence-electron chi connectivity index (χ3n) is 2.46. The molecule has 1 saturated heterocycles. The van der Waals surface area contributed by atoms with Crippen molar-refractivity contribution in [2.24, 2.45) is 0 Å². The molecule has 0 bridgehead atoms. The number of benzene rings is 1. The lowest BCUT2D eigenvalue weighted by Gasteiger charge is -2.09. The second-order valence-corrected chi connectivity index (χ2v) is 3.77. The van der Waals surface area contributed by atoms with Crippen molar-refractivity contribution in [3.63, 3.8) is 0 Å². The van der Waals surface area contributed by atoms with Crippen molar-refractivity contribution in [2.75, 3.05) is 0 Å². The number of carbonyl (C=O) groups excluding carboxylic acids is 3. The summed E-state index contributed by atoms with van der Waals surface area (Å²) in [7, 11) is 0. The zero-order valence-corrected chi connectivity index (χ0v) is 9.00. The lowest BCUT2D eigenvalue weighted by atomic mass is 10.1. The number of halogens is 2. The van der Waals surface area contributed by atoms with Crippen LogP contribution in [0.1, 0.15) is 16.8 Å². The molecule has 3 amide bonds. The topological polar surface area (TPSA) is 75.3 Å². The number of rotatable bonds is 2. The normalized spacial score (nSPS) is 18.7. The molecule has 0 saturated carbocycles. The first-order chi connectivity index (χ1) is 8.47. The molecule has 1 aliphatic rings. The van der Waals surface area contributed by atoms with Crippen LogP contribution in [0.3, 0.4) is 0 Å². The summed E-state index contributed by atoms with van der Waals surface area (Å²) in [5.74, 6) is -4.08. The second-order valence-electron chi connectivity index (χ2n) is 3.77. The maximum Gasteiger partial charge on any atom is 0.252 e. The van der Waals surface area contributed by atoms with E-state index >= 15 is 0 Å². The van der Waals surface area contributed by atoms with Crippen LogP contribution in [0.2, 0.25) is 0 Å². The highest BCUT2D eigenvalue weighted by Gasteiger charge is 2.31. The van der Waals surface area contributed by atoms with Gasteiger partial charge >= 0.3 is 0 Å². The van der Waals surface area contributed by atoms with Gasteiger partial charge in [-0.2, -0.15) is 0 Å². The van der Waals surface area contributed by atoms with E-state index in [4.69, 9.17) is 0 Å². The highest BCUT2D eigenvalue weighted by molar-refractivity contribution is 6.08. The molecule has 1 aromatic rings. The molecule has 1 aromatic carbocycles. The van der Waals surface area contributed by atoms with Gasteiger partial charge in [-0.15, -0.1) is 0 Å². The zero-order valence-electron chi connectivity index (χ0n) is 9.00. The largest absolute Gasteiger partial charge is 0.340 e. The molecule has 0 aliphatic carbocycles. The van der Waals surface area contributed by atoms with Gasteiger partial charge in [-0.25, -0.2) is 8.78 Å². The molecule has 0 aromatic heterocycles. The van der Waals surface area contributed by atoms with E-state index in [1.807, 2.05) is 5.32 Å². The van der Waals surface area contributed by atoms with Crippen molar-refractivity contribution in [1.82, 2.24) is 10.6 Å². The maximum absolute atomic E-state index is 12.9. The summed E-state index contributed by atoms with van der Waals surface area (Å²) >= 11 is 0. The fourth-order valence-electron chi connectivity index (χ4n) is 1.55. The van der Waals surface area contributed by atoms with Gasteiger partial charge in [0.1, 0.15) is 6.04 Å². The summed E-state index contributed by atoms with van der Waals surface area (Å²) < 4.78 is 25.6. The average Bonchev–Trinajstić information content (AvgIpc) is 2.61. The van der Waals surface area contributed by atoms with Crippen LogP contribution in [0.5, 0.6) is 0 Å². The third-order valence-corrected chi connectivity index (χ3v) is 2.46. The van der Waals surface area contributed by atoms with Gasteiger partial charge in [0.15, 0.2) is 11.6 Å². The summed E-state index contributed by atoms with van der Waals surface area (Å²) in [4.78, 5) is 33.7. The molecule has 1 unspecified atom stereocenters. The van der Waals surface area contributed by atoms with Gasteiger partial charge in [0.25, 0.3) is 5.91 Å². The van der Waals surface area contributed by atoms with Crippen LogP contribution in [0.25, 0.3) is 0 Å². The van der Waals surface area contributed by atoms with Crippen molar-refractivity contribution < 1.29 is 23.2 Å². The van der Waals surface area contributed by atoms with E-state index in [0.717, 1.165) is 18.2 Å². The second kappa shape index (κ2) is 4.52. The third kappa shape index (κ3) is 2.34. The number of imide groups is 1. The summed E-state index contributed by atoms with van der Waals surface area (Å²) in [6, 6.07) is 1.64. The molecule has 1 fully saturated rings. The van der Waals surface area contributed by atoms with E-state index < -0.39 is 35.4 Å². The number of amides is 3. The van der Waals surface area contributed by atoms with Gasteiger partial charge in [-0.05, 0) is 18.2 Å². The van der Waals surface area contributed by atoms with Crippen molar-refractivity contribution in [2.45, 2.75) is 12.5 Å². The van der Waals surface area contributed by atoms with Crippen molar-refractivity contribution >= 4 is 17.7 Å². The first kappa shape index (κ1) is 12.2. The number of carbonyl (C=O) groups is 3. The van der Waals surface area contributed by atoms with Crippen LogP contribution in [0, 0.1) is 11.6 Å². The molecular formula is C11H8F2N2O3. The fourth-order valence-corrected chi connectivity index (χ4v) is 1.55. The quantitative estimate of drug-likeness (QED) is 0.735. The average molecular weight is 254 g/mol. The molecule has 7 heteroatoms. The summed E-state index contributed by atoms with van der Waals surface area (Å²) in [5.41, 5.74) is -0.124. The summed E-state index contributed by atoms with van der Waals surface area (Å²) in [6.07, 6.45) is -0.158. The van der Waals surface area contributed by atoms with Gasteiger partial charge < -0.3 is 5.32 Å². The minimum absolute atomic E-state index is 0.124. The Labute approximate surface area is 100 Å². The molecule has 5 nitrogen and oxygen atoms in total. The Morgan fingerprint density at radius 3 is 2.56 bits per heavy atom. The molecule has 0 radical (unpaired) electrons. The molecule has 1 atom stereocenters. The van der Waals surface area contributed by atoms with Gasteiger partial charge in [0.2, 0.25) is 11.8 Å². The standard InChI is InChI=1S/C11H8F2N2O3/c12-6-2-1-5(3-7(6)13)10(17)14-8-4-9(16)15-11(8)18/h1-3,8H,4H2,(H,14,17)(H,15,16,18). The SMILES string of the molecule is O=C1CC(NC(=O)c2ccc(F)c(F)c2)C(=O)N1. The number of hydrogen-bond acceptors (Lipinski definition) is 3. The summed E-state index contributed by atoms with van der Waals surface area (Å²) in [6.45, 7) is 0. The van der Waals surface area contributed by atoms with Crippen LogP contribution in [-0.2, 0) is 9.59 Å². The van der Waals surface area contributed by atoms with Crippen molar-refractivity contribution in [1.29, 1.82) is 0 Å². The molecule has 0 spiro atoms. The molecule has 94 valence electrons. The Bertz CT molecular complexity index is 545. The zero-order chi connectivity index (χ0) is 13.3. The lowest BCUT2D eigenvalue weighted by Crippen LogP contribution is -2.40. The van der Waals surface area contributed by atoms with Crippen LogP contribution >= 0.6 is 0 Å². The van der Waals surface area contributed by atoms with E-state index in [2.05, 4.69) is 5.32 Å². The molecular weight excluding hydrogens is 246 g/mol. The first-order valence-electron chi connectivity index (χ1n) is 5.07. The summed E-state index contributed by atoms with van der Waals surface area (Å²) in [5, 5.41) is 4.28. The van der Waals surface area contributed by atoms with Crippen molar-refractivity contribution in [3.8, 4) is 0 Å². The Kier molecular flexibility index (Phi) is 3.05. The van der Waals surface area contributed by atoms with E-state index in [9.17, 15) is 23.2 Å². The van der Waals surface area contributed by atoms with Crippen molar-refractivity contribution in [3.05, 3.63) is 35.4 Å². The van der Waals surface area contributed by atoms with Gasteiger partial charge in [0, 0.05) is 5.56 Å². The molecule has 2 N–H and O–H groups in total. The monoisotopic (exact) mass is 254 g/mol. The Balaban J connectivity index is 2.10. The Morgan fingerprint density at radius 1 is 1.28 bits per heavy atom. The minimum Gasteiger partial charge on any atom is -0.340 e. The van der Waals surface area contributed by atoms with E-state index in [1.54, 1.807) is 0 Å². The Hall–Kier alpha value is -2.31. The van der Waals surface area contributed by atoms with Crippen LogP contribution in [0.15, 0.2) is 18.2 Å².